The molecule has 1 saturated heterocycles. The summed E-state index contributed by atoms with van der Waals surface area (Å²) in [6, 6.07) is 11.5. The van der Waals surface area contributed by atoms with Crippen molar-refractivity contribution in [1.82, 2.24) is 10.2 Å². The van der Waals surface area contributed by atoms with E-state index in [1.807, 2.05) is 0 Å². The number of benzene rings is 1. The fourth-order valence-electron chi connectivity index (χ4n) is 3.39. The van der Waals surface area contributed by atoms with E-state index in [1.165, 1.54) is 37.9 Å². The third-order valence-electron chi connectivity index (χ3n) is 4.99. The fourth-order valence-corrected chi connectivity index (χ4v) is 3.39. The van der Waals surface area contributed by atoms with Crippen molar-refractivity contribution in [2.75, 3.05) is 26.7 Å². The normalized spacial score (nSPS) is 20.6. The molecule has 2 heteroatoms. The lowest BCUT2D eigenvalue weighted by molar-refractivity contribution is 0.192. The van der Waals surface area contributed by atoms with E-state index >= 15 is 0 Å². The Balaban J connectivity index is 2.13. The van der Waals surface area contributed by atoms with Gasteiger partial charge in [-0.1, -0.05) is 44.2 Å². The molecule has 2 nitrogen and oxygen atoms in total. The quantitative estimate of drug-likeness (QED) is 0.842. The highest BCUT2D eigenvalue weighted by Crippen LogP contribution is 2.40. The monoisotopic (exact) mass is 260 g/mol. The molecular formula is C17H28N2. The van der Waals surface area contributed by atoms with Gasteiger partial charge in [-0.25, -0.2) is 0 Å². The van der Waals surface area contributed by atoms with Gasteiger partial charge in [0.05, 0.1) is 0 Å². The van der Waals surface area contributed by atoms with Crippen LogP contribution < -0.4 is 5.32 Å². The molecule has 0 radical (unpaired) electrons. The molecule has 1 atom stereocenters. The highest BCUT2D eigenvalue weighted by Gasteiger charge is 2.37. The summed E-state index contributed by atoms with van der Waals surface area (Å²) >= 11 is 0. The van der Waals surface area contributed by atoms with E-state index in [0.29, 0.717) is 11.5 Å². The number of nitrogens with zero attached hydrogens (tertiary/aromatic N) is 1. The van der Waals surface area contributed by atoms with Gasteiger partial charge in [0.2, 0.25) is 0 Å². The molecule has 19 heavy (non-hydrogen) atoms. The maximum absolute atomic E-state index is 3.36. The summed E-state index contributed by atoms with van der Waals surface area (Å²) in [6.45, 7) is 8.23. The standard InChI is InChI=1S/C17H28N2/c1-4-17(5-2)11-12-19(14-17)16(13-18-3)15-9-7-6-8-10-15/h6-10,16,18H,4-5,11-14H2,1-3H3. The van der Waals surface area contributed by atoms with Gasteiger partial charge in [-0.3, -0.25) is 4.90 Å². The molecule has 1 aromatic rings. The largest absolute Gasteiger partial charge is 0.318 e. The zero-order valence-corrected chi connectivity index (χ0v) is 12.7. The van der Waals surface area contributed by atoms with Crippen molar-refractivity contribution in [3.05, 3.63) is 35.9 Å². The van der Waals surface area contributed by atoms with E-state index in [9.17, 15) is 0 Å². The van der Waals surface area contributed by atoms with Crippen LogP contribution >= 0.6 is 0 Å². The molecule has 1 fully saturated rings. The first-order valence-electron chi connectivity index (χ1n) is 7.68. The SMILES string of the molecule is CCC1(CC)CCN(C(CNC)c2ccccc2)C1. The minimum Gasteiger partial charge on any atom is -0.318 e. The fraction of sp³-hybridized carbons (Fsp3) is 0.647. The summed E-state index contributed by atoms with van der Waals surface area (Å²) in [5, 5.41) is 3.36. The summed E-state index contributed by atoms with van der Waals surface area (Å²) in [5.74, 6) is 0. The van der Waals surface area contributed by atoms with Gasteiger partial charge in [0, 0.05) is 19.1 Å². The molecule has 0 saturated carbocycles. The number of nitrogens with one attached hydrogen (secondary N) is 1. The lowest BCUT2D eigenvalue weighted by Gasteiger charge is -2.31. The lowest BCUT2D eigenvalue weighted by Crippen LogP contribution is -2.35. The van der Waals surface area contributed by atoms with Crippen LogP contribution in [0.1, 0.15) is 44.7 Å². The Kier molecular flexibility index (Phi) is 5.00. The Bertz CT molecular complexity index is 370. The van der Waals surface area contributed by atoms with Crippen LogP contribution in [0.4, 0.5) is 0 Å². The zero-order valence-electron chi connectivity index (χ0n) is 12.7. The van der Waals surface area contributed by atoms with E-state index in [0.717, 1.165) is 6.54 Å². The van der Waals surface area contributed by atoms with E-state index in [-0.39, 0.29) is 0 Å². The van der Waals surface area contributed by atoms with Crippen molar-refractivity contribution in [3.63, 3.8) is 0 Å². The molecule has 0 amide bonds. The molecule has 1 unspecified atom stereocenters. The average Bonchev–Trinajstić information content (AvgIpc) is 2.90. The van der Waals surface area contributed by atoms with Crippen LogP contribution in [0, 0.1) is 5.41 Å². The first kappa shape index (κ1) is 14.5. The molecule has 2 rings (SSSR count). The summed E-state index contributed by atoms with van der Waals surface area (Å²) in [5.41, 5.74) is 2.00. The van der Waals surface area contributed by atoms with Crippen LogP contribution in [0.5, 0.6) is 0 Å². The smallest absolute Gasteiger partial charge is 0.0472 e. The van der Waals surface area contributed by atoms with Crippen LogP contribution in [0.3, 0.4) is 0 Å². The predicted molar refractivity (Wildman–Crippen MR) is 82.3 cm³/mol. The lowest BCUT2D eigenvalue weighted by atomic mass is 9.82. The molecule has 0 aromatic heterocycles. The second-order valence-corrected chi connectivity index (χ2v) is 5.91. The molecule has 1 aromatic carbocycles. The first-order chi connectivity index (χ1) is 9.24. The van der Waals surface area contributed by atoms with Gasteiger partial charge in [-0.05, 0) is 43.8 Å². The van der Waals surface area contributed by atoms with E-state index < -0.39 is 0 Å². The topological polar surface area (TPSA) is 15.3 Å². The van der Waals surface area contributed by atoms with Gasteiger partial charge in [-0.2, -0.15) is 0 Å². The summed E-state index contributed by atoms with van der Waals surface area (Å²) in [6.07, 6.45) is 3.97. The van der Waals surface area contributed by atoms with Gasteiger partial charge >= 0.3 is 0 Å². The van der Waals surface area contributed by atoms with Gasteiger partial charge in [0.25, 0.3) is 0 Å². The molecule has 1 aliphatic rings. The number of likely N-dealkylation sites (N-methyl/N-ethyl adjacent to an activating group) is 1. The molecule has 0 aliphatic carbocycles. The molecule has 1 N–H and O–H groups in total. The van der Waals surface area contributed by atoms with Gasteiger partial charge in [-0.15, -0.1) is 0 Å². The molecule has 1 aliphatic heterocycles. The minimum absolute atomic E-state index is 0.520. The van der Waals surface area contributed by atoms with Crippen molar-refractivity contribution in [2.45, 2.75) is 39.2 Å². The van der Waals surface area contributed by atoms with Gasteiger partial charge in [0.1, 0.15) is 0 Å². The minimum atomic E-state index is 0.520. The number of hydrogen-bond donors (Lipinski definition) is 1. The number of rotatable bonds is 6. The second kappa shape index (κ2) is 6.53. The van der Waals surface area contributed by atoms with Crippen molar-refractivity contribution in [2.24, 2.45) is 5.41 Å². The van der Waals surface area contributed by atoms with Gasteiger partial charge in [0.15, 0.2) is 0 Å². The average molecular weight is 260 g/mol. The van der Waals surface area contributed by atoms with Crippen LogP contribution in [-0.2, 0) is 0 Å². The Morgan fingerprint density at radius 2 is 1.89 bits per heavy atom. The zero-order chi connectivity index (χ0) is 13.7. The van der Waals surface area contributed by atoms with Gasteiger partial charge < -0.3 is 5.32 Å². The Hall–Kier alpha value is -0.860. The van der Waals surface area contributed by atoms with Crippen molar-refractivity contribution < 1.29 is 0 Å². The first-order valence-corrected chi connectivity index (χ1v) is 7.68. The Morgan fingerprint density at radius 1 is 1.21 bits per heavy atom. The molecule has 106 valence electrons. The maximum atomic E-state index is 3.36. The molecular weight excluding hydrogens is 232 g/mol. The number of hydrogen-bond acceptors (Lipinski definition) is 2. The van der Waals surface area contributed by atoms with E-state index in [4.69, 9.17) is 0 Å². The van der Waals surface area contributed by atoms with Crippen LogP contribution in [0.25, 0.3) is 0 Å². The van der Waals surface area contributed by atoms with Crippen LogP contribution in [-0.4, -0.2) is 31.6 Å². The van der Waals surface area contributed by atoms with Crippen LogP contribution in [0.15, 0.2) is 30.3 Å². The molecule has 0 bridgehead atoms. The second-order valence-electron chi connectivity index (χ2n) is 5.91. The van der Waals surface area contributed by atoms with Crippen molar-refractivity contribution in [3.8, 4) is 0 Å². The van der Waals surface area contributed by atoms with E-state index in [1.54, 1.807) is 0 Å². The predicted octanol–water partition coefficient (Wildman–Crippen LogP) is 3.46. The van der Waals surface area contributed by atoms with Crippen molar-refractivity contribution in [1.29, 1.82) is 0 Å². The third kappa shape index (κ3) is 3.18. The van der Waals surface area contributed by atoms with Crippen molar-refractivity contribution >= 4 is 0 Å². The highest BCUT2D eigenvalue weighted by atomic mass is 15.2. The Morgan fingerprint density at radius 3 is 2.42 bits per heavy atom. The molecule has 1 heterocycles. The van der Waals surface area contributed by atoms with E-state index in [2.05, 4.69) is 61.4 Å². The maximum Gasteiger partial charge on any atom is 0.0472 e. The summed E-state index contributed by atoms with van der Waals surface area (Å²) in [7, 11) is 2.05. The summed E-state index contributed by atoms with van der Waals surface area (Å²) < 4.78 is 0. The Labute approximate surface area is 118 Å². The van der Waals surface area contributed by atoms with Crippen LogP contribution in [0.2, 0.25) is 0 Å². The molecule has 0 spiro atoms. The highest BCUT2D eigenvalue weighted by molar-refractivity contribution is 5.20. The summed E-state index contributed by atoms with van der Waals surface area (Å²) in [4.78, 5) is 2.68. The third-order valence-corrected chi connectivity index (χ3v) is 4.99. The number of likely N-dealkylation sites (tertiary alicyclic amines) is 1.